The molecular weight excluding hydrogens is 441 g/mol. The van der Waals surface area contributed by atoms with Crippen LogP contribution in [-0.2, 0) is 4.79 Å². The van der Waals surface area contributed by atoms with Gasteiger partial charge in [-0.05, 0) is 0 Å². The average Bonchev–Trinajstić information content (AvgIpc) is 3.34. The van der Waals surface area contributed by atoms with E-state index in [1.54, 1.807) is 7.05 Å². The molecule has 1 amide bonds. The van der Waals surface area contributed by atoms with Crippen molar-refractivity contribution >= 4 is 76.7 Å². The minimum atomic E-state index is -0.0197. The second-order valence-corrected chi connectivity index (χ2v) is 10.1. The van der Waals surface area contributed by atoms with E-state index in [1.807, 2.05) is 18.3 Å². The second kappa shape index (κ2) is 6.46. The van der Waals surface area contributed by atoms with Crippen molar-refractivity contribution in [3.63, 3.8) is 0 Å². The Hall–Kier alpha value is -2.18. The molecule has 1 aromatic carbocycles. The fraction of sp³-hybridized carbons (Fsp3) is 0.0500. The van der Waals surface area contributed by atoms with Crippen LogP contribution in [0.5, 0.6) is 0 Å². The third kappa shape index (κ3) is 2.70. The average molecular weight is 454 g/mol. The van der Waals surface area contributed by atoms with Gasteiger partial charge in [0.05, 0.1) is 0 Å². The van der Waals surface area contributed by atoms with Crippen LogP contribution in [0.15, 0.2) is 59.6 Å². The molecule has 7 heteroatoms. The number of rotatable bonds is 2. The van der Waals surface area contributed by atoms with E-state index in [-0.39, 0.29) is 20.4 Å². The van der Waals surface area contributed by atoms with Gasteiger partial charge in [0.2, 0.25) is 0 Å². The molecule has 1 saturated heterocycles. The molecule has 0 spiro atoms. The molecule has 1 fully saturated rings. The summed E-state index contributed by atoms with van der Waals surface area (Å²) in [7, 11) is 1.72. The maximum absolute atomic E-state index is 12.3. The van der Waals surface area contributed by atoms with Crippen LogP contribution in [0.2, 0.25) is 0 Å². The number of aromatic nitrogens is 2. The van der Waals surface area contributed by atoms with Gasteiger partial charge in [-0.3, -0.25) is 0 Å². The van der Waals surface area contributed by atoms with Crippen LogP contribution < -0.4 is 0 Å². The number of carbonyl (C=O) groups is 1. The molecule has 27 heavy (non-hydrogen) atoms. The van der Waals surface area contributed by atoms with Gasteiger partial charge in [-0.2, -0.15) is 0 Å². The summed E-state index contributed by atoms with van der Waals surface area (Å²) in [5, 5.41) is 2.36. The Morgan fingerprint density at radius 1 is 1.11 bits per heavy atom. The summed E-state index contributed by atoms with van der Waals surface area (Å²) in [5.74, 6) is -0.0197. The minimum absolute atomic E-state index is 0.0197. The molecule has 4 heterocycles. The van der Waals surface area contributed by atoms with E-state index >= 15 is 0 Å². The molecule has 0 N–H and O–H groups in total. The normalized spacial score (nSPS) is 16.3. The second-order valence-electron chi connectivity index (χ2n) is 6.14. The zero-order chi connectivity index (χ0) is 18.5. The van der Waals surface area contributed by atoms with Crippen molar-refractivity contribution in [2.24, 2.45) is 0 Å². The SMILES string of the molecule is CN1C(=O)/C(=C\c2ccc(-n3c4ccccc4c4cccnc43)[se]2)SC1=S. The number of thioether (sulfide) groups is 1. The summed E-state index contributed by atoms with van der Waals surface area (Å²) in [6, 6.07) is 16.7. The molecule has 0 atom stereocenters. The van der Waals surface area contributed by atoms with Crippen molar-refractivity contribution in [1.82, 2.24) is 14.5 Å². The fourth-order valence-electron chi connectivity index (χ4n) is 3.23. The number of nitrogens with zero attached hydrogens (tertiary/aromatic N) is 3. The Balaban J connectivity index is 1.65. The number of thiocarbonyl (C=S) groups is 1. The zero-order valence-electron chi connectivity index (χ0n) is 14.2. The first-order valence-electron chi connectivity index (χ1n) is 8.29. The molecule has 132 valence electrons. The van der Waals surface area contributed by atoms with Crippen molar-refractivity contribution in [1.29, 1.82) is 0 Å². The van der Waals surface area contributed by atoms with Crippen molar-refractivity contribution in [3.05, 3.63) is 64.1 Å². The number of likely N-dealkylation sites (N-methyl/N-ethyl adjacent to an activating group) is 1. The number of hydrogen-bond acceptors (Lipinski definition) is 4. The number of pyridine rings is 1. The monoisotopic (exact) mass is 455 g/mol. The summed E-state index contributed by atoms with van der Waals surface area (Å²) < 4.78 is 5.23. The van der Waals surface area contributed by atoms with Crippen LogP contribution in [0.3, 0.4) is 0 Å². The van der Waals surface area contributed by atoms with Crippen molar-refractivity contribution in [2.75, 3.05) is 7.05 Å². The van der Waals surface area contributed by atoms with E-state index < -0.39 is 0 Å². The van der Waals surface area contributed by atoms with Gasteiger partial charge in [0.15, 0.2) is 0 Å². The number of amides is 1. The molecule has 0 unspecified atom stereocenters. The van der Waals surface area contributed by atoms with Crippen LogP contribution >= 0.6 is 24.0 Å². The number of hydrogen-bond donors (Lipinski definition) is 0. The molecule has 0 bridgehead atoms. The zero-order valence-corrected chi connectivity index (χ0v) is 17.6. The predicted octanol–water partition coefficient (Wildman–Crippen LogP) is 4.07. The molecule has 0 aliphatic carbocycles. The Labute approximate surface area is 171 Å². The number of carbonyl (C=O) groups excluding carboxylic acids is 1. The number of fused-ring (bicyclic) bond motifs is 3. The Bertz CT molecular complexity index is 1220. The van der Waals surface area contributed by atoms with Gasteiger partial charge < -0.3 is 0 Å². The molecule has 5 rings (SSSR count). The van der Waals surface area contributed by atoms with E-state index in [0.717, 1.165) is 21.0 Å². The van der Waals surface area contributed by atoms with Gasteiger partial charge in [-0.25, -0.2) is 0 Å². The number of benzene rings is 1. The summed E-state index contributed by atoms with van der Waals surface area (Å²) in [6.07, 6.45) is 3.81. The topological polar surface area (TPSA) is 38.1 Å². The van der Waals surface area contributed by atoms with Crippen LogP contribution in [-0.4, -0.2) is 46.2 Å². The van der Waals surface area contributed by atoms with Crippen molar-refractivity contribution in [2.45, 2.75) is 0 Å². The molecule has 4 aromatic rings. The quantitative estimate of drug-likeness (QED) is 0.260. The third-order valence-corrected chi connectivity index (χ3v) is 8.15. The van der Waals surface area contributed by atoms with Gasteiger partial charge in [0, 0.05) is 0 Å². The standard InChI is InChI=1S/C20H13N3OS2Se/c1-22-19(24)16(26-20(22)25)11-12-8-9-17(27-12)23-15-7-3-2-5-13(15)14-6-4-10-21-18(14)23/h2-11H,1H3/b16-11+. The van der Waals surface area contributed by atoms with E-state index in [4.69, 9.17) is 12.2 Å². The molecule has 1 aliphatic heterocycles. The maximum atomic E-state index is 12.3. The first-order chi connectivity index (χ1) is 13.1. The van der Waals surface area contributed by atoms with Gasteiger partial charge in [-0.15, -0.1) is 0 Å². The first kappa shape index (κ1) is 17.0. The van der Waals surface area contributed by atoms with Crippen LogP contribution in [0.4, 0.5) is 0 Å². The van der Waals surface area contributed by atoms with E-state index in [2.05, 4.69) is 52.0 Å². The number of para-hydroxylation sites is 1. The van der Waals surface area contributed by atoms with Crippen LogP contribution in [0, 0.1) is 0 Å². The molecule has 3 aromatic heterocycles. The molecule has 1 aliphatic rings. The van der Waals surface area contributed by atoms with Crippen molar-refractivity contribution < 1.29 is 4.79 Å². The summed E-state index contributed by atoms with van der Waals surface area (Å²) in [5.41, 5.74) is 2.13. The van der Waals surface area contributed by atoms with Gasteiger partial charge in [0.25, 0.3) is 0 Å². The molecule has 4 nitrogen and oxygen atoms in total. The Kier molecular flexibility index (Phi) is 4.06. The molecular formula is C20H13N3OS2Se. The van der Waals surface area contributed by atoms with Gasteiger partial charge in [0.1, 0.15) is 0 Å². The Morgan fingerprint density at radius 3 is 2.74 bits per heavy atom. The van der Waals surface area contributed by atoms with Gasteiger partial charge in [-0.1, -0.05) is 0 Å². The van der Waals surface area contributed by atoms with Crippen LogP contribution in [0.25, 0.3) is 32.6 Å². The van der Waals surface area contributed by atoms with Crippen LogP contribution in [0.1, 0.15) is 4.44 Å². The molecule has 0 saturated carbocycles. The summed E-state index contributed by atoms with van der Waals surface area (Å²) >= 11 is 6.67. The van der Waals surface area contributed by atoms with Crippen molar-refractivity contribution in [3.8, 4) is 4.56 Å². The van der Waals surface area contributed by atoms with Gasteiger partial charge >= 0.3 is 172 Å². The molecule has 0 radical (unpaired) electrons. The van der Waals surface area contributed by atoms with E-state index in [0.29, 0.717) is 9.23 Å². The fourth-order valence-corrected chi connectivity index (χ4v) is 6.60. The summed E-state index contributed by atoms with van der Waals surface area (Å²) in [6.45, 7) is 0. The summed E-state index contributed by atoms with van der Waals surface area (Å²) in [4.78, 5) is 19.1. The predicted molar refractivity (Wildman–Crippen MR) is 116 cm³/mol. The van der Waals surface area contributed by atoms with E-state index in [1.165, 1.54) is 26.6 Å². The third-order valence-electron chi connectivity index (χ3n) is 4.53. The Morgan fingerprint density at radius 2 is 1.93 bits per heavy atom. The van der Waals surface area contributed by atoms with E-state index in [9.17, 15) is 4.79 Å². The first-order valence-corrected chi connectivity index (χ1v) is 11.2.